The van der Waals surface area contributed by atoms with Gasteiger partial charge in [0.05, 0.1) is 24.6 Å². The number of nitriles is 1. The molecule has 0 saturated carbocycles. The fourth-order valence-corrected chi connectivity index (χ4v) is 0.709. The van der Waals surface area contributed by atoms with Gasteiger partial charge >= 0.3 is 0 Å². The predicted octanol–water partition coefficient (Wildman–Crippen LogP) is -0.0604. The van der Waals surface area contributed by atoms with E-state index in [1.165, 1.54) is 6.33 Å². The average molecular weight is 164 g/mol. The van der Waals surface area contributed by atoms with Crippen molar-refractivity contribution in [2.45, 2.75) is 13.0 Å². The average Bonchev–Trinajstić information content (AvgIpc) is 2.53. The Hall–Kier alpha value is -1.83. The van der Waals surface area contributed by atoms with Crippen LogP contribution in [0, 0.1) is 11.3 Å². The van der Waals surface area contributed by atoms with Crippen LogP contribution in [0.4, 0.5) is 0 Å². The molecule has 1 aromatic heterocycles. The first-order valence-corrected chi connectivity index (χ1v) is 3.44. The molecule has 0 aliphatic carbocycles. The largest absolute Gasteiger partial charge is 0.350 e. The maximum Gasteiger partial charge on any atom is 0.234 e. The Kier molecular flexibility index (Phi) is 2.85. The second-order valence-corrected chi connectivity index (χ2v) is 2.19. The SMILES string of the molecule is N#CCC(=O)NCc1cnc[nH]1. The highest BCUT2D eigenvalue weighted by Crippen LogP contribution is 1.89. The molecule has 2 N–H and O–H groups in total. The molecule has 1 rings (SSSR count). The normalized spacial score (nSPS) is 8.92. The van der Waals surface area contributed by atoms with E-state index in [9.17, 15) is 4.79 Å². The van der Waals surface area contributed by atoms with Crippen LogP contribution >= 0.6 is 0 Å². The molecule has 0 aliphatic heterocycles. The van der Waals surface area contributed by atoms with E-state index < -0.39 is 0 Å². The van der Waals surface area contributed by atoms with Crippen molar-refractivity contribution in [2.75, 3.05) is 0 Å². The van der Waals surface area contributed by atoms with Crippen molar-refractivity contribution >= 4 is 5.91 Å². The Balaban J connectivity index is 2.28. The Morgan fingerprint density at radius 2 is 2.67 bits per heavy atom. The molecule has 1 aromatic rings. The predicted molar refractivity (Wildman–Crippen MR) is 40.7 cm³/mol. The summed E-state index contributed by atoms with van der Waals surface area (Å²) in [5, 5.41) is 10.7. The van der Waals surface area contributed by atoms with E-state index >= 15 is 0 Å². The van der Waals surface area contributed by atoms with Crippen LogP contribution < -0.4 is 5.32 Å². The van der Waals surface area contributed by atoms with Crippen LogP contribution in [0.3, 0.4) is 0 Å². The van der Waals surface area contributed by atoms with Crippen molar-refractivity contribution in [3.8, 4) is 6.07 Å². The van der Waals surface area contributed by atoms with E-state index in [2.05, 4.69) is 15.3 Å². The van der Waals surface area contributed by atoms with Crippen molar-refractivity contribution < 1.29 is 4.79 Å². The zero-order valence-corrected chi connectivity index (χ0v) is 6.37. The van der Waals surface area contributed by atoms with Crippen LogP contribution in [-0.2, 0) is 11.3 Å². The van der Waals surface area contributed by atoms with Gasteiger partial charge in [0, 0.05) is 6.20 Å². The van der Waals surface area contributed by atoms with Gasteiger partial charge in [0.25, 0.3) is 0 Å². The summed E-state index contributed by atoms with van der Waals surface area (Å²) < 4.78 is 0. The number of nitrogens with one attached hydrogen (secondary N) is 2. The fourth-order valence-electron chi connectivity index (χ4n) is 0.709. The van der Waals surface area contributed by atoms with Crippen LogP contribution in [0.1, 0.15) is 12.1 Å². The molecule has 12 heavy (non-hydrogen) atoms. The summed E-state index contributed by atoms with van der Waals surface area (Å²) in [5.74, 6) is -0.271. The molecule has 0 radical (unpaired) electrons. The number of imidazole rings is 1. The number of nitrogens with zero attached hydrogens (tertiary/aromatic N) is 2. The zero-order chi connectivity index (χ0) is 8.81. The highest BCUT2D eigenvalue weighted by Gasteiger charge is 1.99. The highest BCUT2D eigenvalue weighted by molar-refractivity contribution is 5.77. The number of amides is 1. The standard InChI is InChI=1S/C7H8N4O/c8-2-1-7(12)10-4-6-3-9-5-11-6/h3,5H,1,4H2,(H,9,11)(H,10,12). The third-order valence-electron chi connectivity index (χ3n) is 1.27. The Labute approximate surface area is 69.4 Å². The molecule has 0 fully saturated rings. The van der Waals surface area contributed by atoms with E-state index in [4.69, 9.17) is 5.26 Å². The lowest BCUT2D eigenvalue weighted by Gasteiger charge is -1.98. The summed E-state index contributed by atoms with van der Waals surface area (Å²) in [6.07, 6.45) is 3.05. The monoisotopic (exact) mass is 164 g/mol. The summed E-state index contributed by atoms with van der Waals surface area (Å²) in [5.41, 5.74) is 0.821. The molecule has 0 aliphatic rings. The first kappa shape index (κ1) is 8.27. The number of aromatic amines is 1. The van der Waals surface area contributed by atoms with Crippen molar-refractivity contribution in [2.24, 2.45) is 0 Å². The molecule has 1 heterocycles. The molecule has 0 spiro atoms. The van der Waals surface area contributed by atoms with Gasteiger partial charge in [0.1, 0.15) is 6.42 Å². The van der Waals surface area contributed by atoms with Crippen molar-refractivity contribution in [1.82, 2.24) is 15.3 Å². The minimum atomic E-state index is -0.271. The van der Waals surface area contributed by atoms with E-state index in [1.807, 2.05) is 0 Å². The molecular formula is C7H8N4O. The van der Waals surface area contributed by atoms with Crippen molar-refractivity contribution in [1.29, 1.82) is 5.26 Å². The van der Waals surface area contributed by atoms with E-state index in [0.29, 0.717) is 6.54 Å². The molecule has 0 atom stereocenters. The van der Waals surface area contributed by atoms with Gasteiger partial charge in [-0.1, -0.05) is 0 Å². The molecule has 5 heteroatoms. The summed E-state index contributed by atoms with van der Waals surface area (Å²) >= 11 is 0. The molecule has 0 saturated heterocycles. The van der Waals surface area contributed by atoms with Crippen molar-refractivity contribution in [3.05, 3.63) is 18.2 Å². The number of carbonyl (C=O) groups excluding carboxylic acids is 1. The van der Waals surface area contributed by atoms with Crippen LogP contribution in [0.15, 0.2) is 12.5 Å². The quantitative estimate of drug-likeness (QED) is 0.656. The Morgan fingerprint density at radius 1 is 1.83 bits per heavy atom. The maximum absolute atomic E-state index is 10.8. The van der Waals surface area contributed by atoms with Crippen LogP contribution in [0.25, 0.3) is 0 Å². The number of hydrogen-bond donors (Lipinski definition) is 2. The van der Waals surface area contributed by atoms with Gasteiger partial charge < -0.3 is 10.3 Å². The first-order chi connectivity index (χ1) is 5.83. The summed E-state index contributed by atoms with van der Waals surface area (Å²) in [6.45, 7) is 0.389. The van der Waals surface area contributed by atoms with Gasteiger partial charge in [-0.15, -0.1) is 0 Å². The number of rotatable bonds is 3. The second-order valence-electron chi connectivity index (χ2n) is 2.19. The smallest absolute Gasteiger partial charge is 0.234 e. The number of carbonyl (C=O) groups is 1. The Morgan fingerprint density at radius 3 is 3.25 bits per heavy atom. The minimum Gasteiger partial charge on any atom is -0.350 e. The summed E-state index contributed by atoms with van der Waals surface area (Å²) in [7, 11) is 0. The summed E-state index contributed by atoms with van der Waals surface area (Å²) in [4.78, 5) is 17.4. The molecule has 0 aromatic carbocycles. The van der Waals surface area contributed by atoms with E-state index in [1.54, 1.807) is 12.3 Å². The maximum atomic E-state index is 10.8. The van der Waals surface area contributed by atoms with Crippen LogP contribution in [0.2, 0.25) is 0 Å². The van der Waals surface area contributed by atoms with Gasteiger partial charge in [-0.25, -0.2) is 4.98 Å². The Bertz CT molecular complexity index is 285. The molecule has 5 nitrogen and oxygen atoms in total. The summed E-state index contributed by atoms with van der Waals surface area (Å²) in [6, 6.07) is 1.76. The number of aromatic nitrogens is 2. The van der Waals surface area contributed by atoms with E-state index in [0.717, 1.165) is 5.69 Å². The molecular weight excluding hydrogens is 156 g/mol. The number of hydrogen-bond acceptors (Lipinski definition) is 3. The van der Waals surface area contributed by atoms with Gasteiger partial charge in [-0.05, 0) is 0 Å². The number of H-pyrrole nitrogens is 1. The van der Waals surface area contributed by atoms with Crippen LogP contribution in [-0.4, -0.2) is 15.9 Å². The lowest BCUT2D eigenvalue weighted by molar-refractivity contribution is -0.120. The van der Waals surface area contributed by atoms with Gasteiger partial charge in [-0.2, -0.15) is 5.26 Å². The van der Waals surface area contributed by atoms with Crippen LogP contribution in [0.5, 0.6) is 0 Å². The molecule has 0 bridgehead atoms. The molecule has 1 amide bonds. The first-order valence-electron chi connectivity index (χ1n) is 3.44. The minimum absolute atomic E-state index is 0.103. The second kappa shape index (κ2) is 4.13. The fraction of sp³-hybridized carbons (Fsp3) is 0.286. The van der Waals surface area contributed by atoms with Gasteiger partial charge in [0.15, 0.2) is 0 Å². The van der Waals surface area contributed by atoms with Gasteiger partial charge in [0.2, 0.25) is 5.91 Å². The topological polar surface area (TPSA) is 81.6 Å². The zero-order valence-electron chi connectivity index (χ0n) is 6.37. The molecule has 62 valence electrons. The van der Waals surface area contributed by atoms with E-state index in [-0.39, 0.29) is 12.3 Å². The third kappa shape index (κ3) is 2.42. The lowest BCUT2D eigenvalue weighted by Crippen LogP contribution is -2.21. The highest BCUT2D eigenvalue weighted by atomic mass is 16.1. The van der Waals surface area contributed by atoms with Crippen molar-refractivity contribution in [3.63, 3.8) is 0 Å². The van der Waals surface area contributed by atoms with Gasteiger partial charge in [-0.3, -0.25) is 4.79 Å². The lowest BCUT2D eigenvalue weighted by atomic mass is 10.4. The third-order valence-corrected chi connectivity index (χ3v) is 1.27. The molecule has 0 unspecified atom stereocenters.